The minimum atomic E-state index is -0.527. The third-order valence-corrected chi connectivity index (χ3v) is 6.05. The lowest BCUT2D eigenvalue weighted by molar-refractivity contribution is -0.903. The summed E-state index contributed by atoms with van der Waals surface area (Å²) in [5, 5.41) is 10.5. The molecule has 3 aromatic rings. The maximum Gasteiger partial charge on any atom is 0.193 e. The van der Waals surface area contributed by atoms with Crippen LogP contribution < -0.4 is 14.5 Å². The van der Waals surface area contributed by atoms with Gasteiger partial charge in [-0.15, -0.1) is 0 Å². The molecule has 0 saturated carbocycles. The number of ketones is 1. The van der Waals surface area contributed by atoms with Gasteiger partial charge >= 0.3 is 0 Å². The number of nitrogens with zero attached hydrogens (tertiary/aromatic N) is 1. The third kappa shape index (κ3) is 5.55. The highest BCUT2D eigenvalue weighted by Gasteiger charge is 2.23. The van der Waals surface area contributed by atoms with Gasteiger partial charge in [0.25, 0.3) is 0 Å². The van der Waals surface area contributed by atoms with Gasteiger partial charge in [0.05, 0.1) is 26.2 Å². The van der Waals surface area contributed by atoms with E-state index < -0.39 is 6.10 Å². The molecule has 1 saturated heterocycles. The molecule has 5 nitrogen and oxygen atoms in total. The second-order valence-electron chi connectivity index (χ2n) is 8.41. The van der Waals surface area contributed by atoms with E-state index in [1.54, 1.807) is 24.3 Å². The van der Waals surface area contributed by atoms with Gasteiger partial charge in [0, 0.05) is 16.8 Å². The predicted octanol–water partition coefficient (Wildman–Crippen LogP) is 2.37. The van der Waals surface area contributed by atoms with Gasteiger partial charge in [-0.2, -0.15) is 0 Å². The van der Waals surface area contributed by atoms with Gasteiger partial charge in [0.2, 0.25) is 0 Å². The minimum Gasteiger partial charge on any atom is -0.491 e. The first kappa shape index (κ1) is 22.1. The summed E-state index contributed by atoms with van der Waals surface area (Å²) in [5.74, 6) is 0.652. The first-order chi connectivity index (χ1) is 15.6. The summed E-state index contributed by atoms with van der Waals surface area (Å²) < 4.78 is 5.77. The summed E-state index contributed by atoms with van der Waals surface area (Å²) in [6, 6.07) is 24.9. The molecule has 1 aliphatic rings. The molecule has 2 N–H and O–H groups in total. The maximum absolute atomic E-state index is 12.5. The maximum atomic E-state index is 12.5. The van der Waals surface area contributed by atoms with Gasteiger partial charge in [0.15, 0.2) is 5.78 Å². The van der Waals surface area contributed by atoms with E-state index in [1.807, 2.05) is 30.3 Å². The second-order valence-corrected chi connectivity index (χ2v) is 8.41. The van der Waals surface area contributed by atoms with Crippen LogP contribution in [0.15, 0.2) is 78.9 Å². The Morgan fingerprint density at radius 2 is 1.56 bits per heavy atom. The van der Waals surface area contributed by atoms with Crippen LogP contribution in [0, 0.1) is 6.92 Å². The summed E-state index contributed by atoms with van der Waals surface area (Å²) in [5.41, 5.74) is 3.91. The Kier molecular flexibility index (Phi) is 7.20. The number of carbonyl (C=O) groups excluding carboxylic acids is 1. The van der Waals surface area contributed by atoms with Crippen LogP contribution in [-0.4, -0.2) is 56.3 Å². The fraction of sp³-hybridized carbons (Fsp3) is 0.296. The SMILES string of the molecule is Cc1ccccc1N1CC[NH+](C[C@@H](O)COc2ccc(C(=O)c3ccccc3)cc2)CC1. The van der Waals surface area contributed by atoms with Crippen molar-refractivity contribution in [1.82, 2.24) is 0 Å². The number of aliphatic hydroxyl groups excluding tert-OH is 1. The van der Waals surface area contributed by atoms with E-state index >= 15 is 0 Å². The molecule has 1 fully saturated rings. The number of rotatable bonds is 8. The van der Waals surface area contributed by atoms with Crippen molar-refractivity contribution in [2.75, 3.05) is 44.2 Å². The van der Waals surface area contributed by atoms with Crippen LogP contribution in [0.4, 0.5) is 5.69 Å². The molecular weight excluding hydrogens is 400 g/mol. The van der Waals surface area contributed by atoms with Crippen LogP contribution in [0.1, 0.15) is 21.5 Å². The Morgan fingerprint density at radius 1 is 0.938 bits per heavy atom. The highest BCUT2D eigenvalue weighted by atomic mass is 16.5. The van der Waals surface area contributed by atoms with Crippen molar-refractivity contribution in [2.24, 2.45) is 0 Å². The van der Waals surface area contributed by atoms with Gasteiger partial charge in [-0.05, 0) is 42.8 Å². The zero-order valence-corrected chi connectivity index (χ0v) is 18.5. The van der Waals surface area contributed by atoms with E-state index in [2.05, 4.69) is 36.1 Å². The molecule has 1 atom stereocenters. The molecule has 0 spiro atoms. The van der Waals surface area contributed by atoms with Crippen LogP contribution in [0.25, 0.3) is 0 Å². The number of hydrogen-bond donors (Lipinski definition) is 2. The number of ether oxygens (including phenoxy) is 1. The smallest absolute Gasteiger partial charge is 0.193 e. The number of piperazine rings is 1. The normalized spacial score (nSPS) is 15.4. The third-order valence-electron chi connectivity index (χ3n) is 6.05. The molecule has 3 aromatic carbocycles. The lowest BCUT2D eigenvalue weighted by atomic mass is 10.0. The summed E-state index contributed by atoms with van der Waals surface area (Å²) in [6.45, 7) is 7.06. The van der Waals surface area contributed by atoms with Crippen molar-refractivity contribution in [3.8, 4) is 5.75 Å². The number of aliphatic hydroxyl groups is 1. The highest BCUT2D eigenvalue weighted by Crippen LogP contribution is 2.19. The van der Waals surface area contributed by atoms with Crippen molar-refractivity contribution in [3.63, 3.8) is 0 Å². The quantitative estimate of drug-likeness (QED) is 0.538. The van der Waals surface area contributed by atoms with Gasteiger partial charge < -0.3 is 19.6 Å². The number of benzene rings is 3. The Bertz CT molecular complexity index is 1010. The monoisotopic (exact) mass is 431 g/mol. The molecule has 0 aromatic heterocycles. The lowest BCUT2D eigenvalue weighted by Crippen LogP contribution is -3.16. The van der Waals surface area contributed by atoms with Crippen molar-refractivity contribution < 1.29 is 19.5 Å². The first-order valence-corrected chi connectivity index (χ1v) is 11.2. The van der Waals surface area contributed by atoms with Gasteiger partial charge in [-0.3, -0.25) is 4.79 Å². The molecule has 0 radical (unpaired) electrons. The van der Waals surface area contributed by atoms with Crippen LogP contribution >= 0.6 is 0 Å². The van der Waals surface area contributed by atoms with Crippen molar-refractivity contribution in [3.05, 3.63) is 95.6 Å². The van der Waals surface area contributed by atoms with Gasteiger partial charge in [0.1, 0.15) is 25.0 Å². The first-order valence-electron chi connectivity index (χ1n) is 11.2. The van der Waals surface area contributed by atoms with Crippen LogP contribution in [-0.2, 0) is 0 Å². The molecule has 1 aliphatic heterocycles. The summed E-state index contributed by atoms with van der Waals surface area (Å²) >= 11 is 0. The molecule has 0 aliphatic carbocycles. The van der Waals surface area contributed by atoms with E-state index in [4.69, 9.17) is 4.74 Å². The number of aryl methyl sites for hydroxylation is 1. The molecule has 32 heavy (non-hydrogen) atoms. The molecule has 166 valence electrons. The highest BCUT2D eigenvalue weighted by molar-refractivity contribution is 6.08. The number of anilines is 1. The lowest BCUT2D eigenvalue weighted by Gasteiger charge is -2.35. The molecule has 0 amide bonds. The number of para-hydroxylation sites is 1. The zero-order chi connectivity index (χ0) is 22.3. The average Bonchev–Trinajstić information content (AvgIpc) is 2.84. The fourth-order valence-corrected chi connectivity index (χ4v) is 4.23. The van der Waals surface area contributed by atoms with Crippen LogP contribution in [0.2, 0.25) is 0 Å². The van der Waals surface area contributed by atoms with Crippen molar-refractivity contribution in [1.29, 1.82) is 0 Å². The van der Waals surface area contributed by atoms with E-state index in [9.17, 15) is 9.90 Å². The Hall–Kier alpha value is -3.15. The Labute approximate surface area is 189 Å². The van der Waals surface area contributed by atoms with Crippen LogP contribution in [0.5, 0.6) is 5.75 Å². The fourth-order valence-electron chi connectivity index (χ4n) is 4.23. The number of hydrogen-bond acceptors (Lipinski definition) is 4. The van der Waals surface area contributed by atoms with Crippen LogP contribution in [0.3, 0.4) is 0 Å². The molecular formula is C27H31N2O3+. The molecule has 0 bridgehead atoms. The average molecular weight is 432 g/mol. The summed E-state index contributed by atoms with van der Waals surface area (Å²) in [6.07, 6.45) is -0.527. The standard InChI is InChI=1S/C27H30N2O3/c1-21-7-5-6-10-26(21)29-17-15-28(16-18-29)19-24(30)20-32-25-13-11-23(12-14-25)27(31)22-8-3-2-4-9-22/h2-14,24,30H,15-20H2,1H3/p+1/t24-/m1/s1. The summed E-state index contributed by atoms with van der Waals surface area (Å²) in [4.78, 5) is 16.3. The minimum absolute atomic E-state index is 0.00868. The molecule has 4 rings (SSSR count). The van der Waals surface area contributed by atoms with Gasteiger partial charge in [-0.25, -0.2) is 0 Å². The van der Waals surface area contributed by atoms with Crippen molar-refractivity contribution >= 4 is 11.5 Å². The Balaban J connectivity index is 1.22. The zero-order valence-electron chi connectivity index (χ0n) is 18.5. The second kappa shape index (κ2) is 10.4. The molecule has 1 heterocycles. The number of carbonyl (C=O) groups is 1. The van der Waals surface area contributed by atoms with E-state index in [-0.39, 0.29) is 12.4 Å². The largest absolute Gasteiger partial charge is 0.491 e. The van der Waals surface area contributed by atoms with E-state index in [0.29, 0.717) is 23.4 Å². The number of quaternary nitrogens is 1. The molecule has 5 heteroatoms. The van der Waals surface area contributed by atoms with Gasteiger partial charge in [-0.1, -0.05) is 48.5 Å². The number of nitrogens with one attached hydrogen (secondary N) is 1. The predicted molar refractivity (Wildman–Crippen MR) is 127 cm³/mol. The van der Waals surface area contributed by atoms with E-state index in [0.717, 1.165) is 26.2 Å². The van der Waals surface area contributed by atoms with Crippen molar-refractivity contribution in [2.45, 2.75) is 13.0 Å². The summed E-state index contributed by atoms with van der Waals surface area (Å²) in [7, 11) is 0. The van der Waals surface area contributed by atoms with E-state index in [1.165, 1.54) is 16.2 Å². The molecule has 0 unspecified atom stereocenters. The Morgan fingerprint density at radius 3 is 2.25 bits per heavy atom. The topological polar surface area (TPSA) is 54.2 Å².